The fourth-order valence-electron chi connectivity index (χ4n) is 3.16. The van der Waals surface area contributed by atoms with Crippen molar-refractivity contribution >= 4 is 28.4 Å². The van der Waals surface area contributed by atoms with E-state index in [4.69, 9.17) is 4.74 Å². The molecular formula is C18H18F2N6O2S. The summed E-state index contributed by atoms with van der Waals surface area (Å²) in [6, 6.07) is 7.19. The first-order chi connectivity index (χ1) is 14.1. The largest absolute Gasteiger partial charge is 0.385 e. The number of hydrogen-bond donors (Lipinski definition) is 0. The number of benzene rings is 1. The van der Waals surface area contributed by atoms with E-state index in [1.54, 1.807) is 28.2 Å². The van der Waals surface area contributed by atoms with Gasteiger partial charge in [-0.25, -0.2) is 4.98 Å². The monoisotopic (exact) mass is 420 g/mol. The molecule has 0 saturated carbocycles. The molecule has 3 heterocycles. The van der Waals surface area contributed by atoms with Crippen molar-refractivity contribution in [2.45, 2.75) is 30.4 Å². The Balaban J connectivity index is 1.77. The molecule has 0 amide bonds. The normalized spacial score (nSPS) is 11.9. The molecule has 4 aromatic rings. The van der Waals surface area contributed by atoms with E-state index in [2.05, 4.69) is 15.2 Å². The highest BCUT2D eigenvalue weighted by Crippen LogP contribution is 2.25. The summed E-state index contributed by atoms with van der Waals surface area (Å²) < 4.78 is 35.4. The predicted molar refractivity (Wildman–Crippen MR) is 104 cm³/mol. The SMILES string of the molecule is COCCCn1c(=O)c2ccccc2n2c(SCc3nccn3C(F)F)nnc12. The summed E-state index contributed by atoms with van der Waals surface area (Å²) in [5, 5.41) is 9.45. The molecule has 11 heteroatoms. The van der Waals surface area contributed by atoms with Crippen molar-refractivity contribution in [2.75, 3.05) is 13.7 Å². The Kier molecular flexibility index (Phi) is 5.58. The molecule has 0 aliphatic rings. The zero-order valence-electron chi connectivity index (χ0n) is 15.5. The van der Waals surface area contributed by atoms with E-state index in [9.17, 15) is 13.6 Å². The number of aromatic nitrogens is 6. The summed E-state index contributed by atoms with van der Waals surface area (Å²) in [4.78, 5) is 16.9. The molecule has 4 rings (SSSR count). The average Bonchev–Trinajstić information content (AvgIpc) is 3.36. The number of hydrogen-bond acceptors (Lipinski definition) is 6. The third-order valence-corrected chi connectivity index (χ3v) is 5.42. The van der Waals surface area contributed by atoms with Crippen LogP contribution >= 0.6 is 11.8 Å². The van der Waals surface area contributed by atoms with Gasteiger partial charge in [0.15, 0.2) is 5.16 Å². The number of para-hydroxylation sites is 1. The molecule has 0 atom stereocenters. The topological polar surface area (TPSA) is 79.2 Å². The van der Waals surface area contributed by atoms with Gasteiger partial charge in [-0.1, -0.05) is 23.9 Å². The van der Waals surface area contributed by atoms with E-state index in [1.807, 2.05) is 12.1 Å². The molecule has 8 nitrogen and oxygen atoms in total. The van der Waals surface area contributed by atoms with Gasteiger partial charge in [-0.2, -0.15) is 8.78 Å². The molecule has 0 radical (unpaired) electrons. The van der Waals surface area contributed by atoms with E-state index in [1.165, 1.54) is 24.2 Å². The van der Waals surface area contributed by atoms with Crippen LogP contribution in [0.4, 0.5) is 8.78 Å². The molecule has 0 bridgehead atoms. The lowest BCUT2D eigenvalue weighted by Crippen LogP contribution is -2.24. The van der Waals surface area contributed by atoms with Crippen LogP contribution in [0.5, 0.6) is 0 Å². The summed E-state index contributed by atoms with van der Waals surface area (Å²) in [5.74, 6) is 0.832. The van der Waals surface area contributed by atoms with Crippen molar-refractivity contribution in [1.29, 1.82) is 0 Å². The Bertz CT molecular complexity index is 1200. The minimum Gasteiger partial charge on any atom is -0.385 e. The molecule has 1 aromatic carbocycles. The number of methoxy groups -OCH3 is 1. The van der Waals surface area contributed by atoms with E-state index < -0.39 is 6.55 Å². The Morgan fingerprint density at radius 3 is 2.86 bits per heavy atom. The number of fused-ring (bicyclic) bond motifs is 3. The molecule has 0 fully saturated rings. The Labute approximate surface area is 168 Å². The summed E-state index contributed by atoms with van der Waals surface area (Å²) in [5.41, 5.74) is 0.515. The maximum Gasteiger partial charge on any atom is 0.319 e. The first-order valence-corrected chi connectivity index (χ1v) is 9.88. The highest BCUT2D eigenvalue weighted by molar-refractivity contribution is 7.98. The second-order valence-electron chi connectivity index (χ2n) is 6.26. The van der Waals surface area contributed by atoms with Crippen molar-refractivity contribution in [3.63, 3.8) is 0 Å². The van der Waals surface area contributed by atoms with Gasteiger partial charge < -0.3 is 4.74 Å². The quantitative estimate of drug-likeness (QED) is 0.322. The van der Waals surface area contributed by atoms with Crippen LogP contribution in [0.25, 0.3) is 16.7 Å². The number of halogens is 2. The van der Waals surface area contributed by atoms with Gasteiger partial charge in [-0.15, -0.1) is 10.2 Å². The van der Waals surface area contributed by atoms with Crippen LogP contribution in [-0.2, 0) is 17.0 Å². The molecule has 0 N–H and O–H groups in total. The Hall–Kier alpha value is -2.79. The fraction of sp³-hybridized carbons (Fsp3) is 0.333. The van der Waals surface area contributed by atoms with Crippen molar-refractivity contribution in [2.24, 2.45) is 0 Å². The average molecular weight is 420 g/mol. The second kappa shape index (κ2) is 8.29. The van der Waals surface area contributed by atoms with Gasteiger partial charge in [0.05, 0.1) is 16.7 Å². The Morgan fingerprint density at radius 2 is 2.07 bits per heavy atom. The molecular weight excluding hydrogens is 402 g/mol. The van der Waals surface area contributed by atoms with Crippen LogP contribution in [0.15, 0.2) is 46.6 Å². The van der Waals surface area contributed by atoms with E-state index >= 15 is 0 Å². The molecule has 0 aliphatic heterocycles. The predicted octanol–water partition coefficient (Wildman–Crippen LogP) is 2.96. The van der Waals surface area contributed by atoms with Gasteiger partial charge in [-0.3, -0.25) is 18.3 Å². The van der Waals surface area contributed by atoms with Gasteiger partial charge in [0.2, 0.25) is 5.78 Å². The van der Waals surface area contributed by atoms with Crippen LogP contribution in [0.1, 0.15) is 18.8 Å². The number of nitrogens with zero attached hydrogens (tertiary/aromatic N) is 6. The van der Waals surface area contributed by atoms with Gasteiger partial charge in [0.1, 0.15) is 5.82 Å². The number of aryl methyl sites for hydroxylation is 1. The highest BCUT2D eigenvalue weighted by atomic mass is 32.2. The molecule has 152 valence electrons. The summed E-state index contributed by atoms with van der Waals surface area (Å²) in [6.07, 6.45) is 3.23. The summed E-state index contributed by atoms with van der Waals surface area (Å²) >= 11 is 1.24. The maximum atomic E-state index is 13.1. The molecule has 3 aromatic heterocycles. The van der Waals surface area contributed by atoms with Crippen LogP contribution in [0.2, 0.25) is 0 Å². The van der Waals surface area contributed by atoms with Crippen LogP contribution in [-0.4, -0.2) is 42.4 Å². The highest BCUT2D eigenvalue weighted by Gasteiger charge is 2.18. The summed E-state index contributed by atoms with van der Waals surface area (Å²) in [7, 11) is 1.61. The van der Waals surface area contributed by atoms with Crippen molar-refractivity contribution in [3.8, 4) is 0 Å². The number of thioether (sulfide) groups is 1. The lowest BCUT2D eigenvalue weighted by molar-refractivity contribution is 0.0678. The smallest absolute Gasteiger partial charge is 0.319 e. The number of imidazole rings is 1. The Morgan fingerprint density at radius 1 is 1.24 bits per heavy atom. The number of rotatable bonds is 8. The van der Waals surface area contributed by atoms with Crippen molar-refractivity contribution < 1.29 is 13.5 Å². The number of ether oxygens (including phenoxy) is 1. The molecule has 0 unspecified atom stereocenters. The molecule has 0 saturated heterocycles. The minimum absolute atomic E-state index is 0.151. The maximum absolute atomic E-state index is 13.1. The zero-order chi connectivity index (χ0) is 20.4. The van der Waals surface area contributed by atoms with Crippen molar-refractivity contribution in [1.82, 2.24) is 28.7 Å². The third-order valence-electron chi connectivity index (χ3n) is 4.50. The zero-order valence-corrected chi connectivity index (χ0v) is 16.4. The molecule has 0 spiro atoms. The van der Waals surface area contributed by atoms with Crippen LogP contribution in [0, 0.1) is 0 Å². The third kappa shape index (κ3) is 3.62. The standard InChI is InChI=1S/C18H18F2N6O2S/c1-28-10-4-8-25-15(27)12-5-2-3-6-13(12)26-17(25)22-23-18(26)29-11-14-21-7-9-24(14)16(19)20/h2-3,5-7,9,16H,4,8,10-11H2,1H3. The molecule has 29 heavy (non-hydrogen) atoms. The van der Waals surface area contributed by atoms with Crippen LogP contribution < -0.4 is 5.56 Å². The first kappa shape index (κ1) is 19.5. The van der Waals surface area contributed by atoms with E-state index in [0.29, 0.717) is 41.4 Å². The van der Waals surface area contributed by atoms with Crippen molar-refractivity contribution in [3.05, 3.63) is 52.8 Å². The summed E-state index contributed by atoms with van der Waals surface area (Å²) in [6.45, 7) is -1.72. The lowest BCUT2D eigenvalue weighted by atomic mass is 10.2. The van der Waals surface area contributed by atoms with E-state index in [0.717, 1.165) is 4.57 Å². The van der Waals surface area contributed by atoms with Gasteiger partial charge in [-0.05, 0) is 18.6 Å². The number of alkyl halides is 2. The van der Waals surface area contributed by atoms with E-state index in [-0.39, 0.29) is 17.1 Å². The van der Waals surface area contributed by atoms with Gasteiger partial charge in [0.25, 0.3) is 5.56 Å². The minimum atomic E-state index is -2.66. The second-order valence-corrected chi connectivity index (χ2v) is 7.20. The fourth-order valence-corrected chi connectivity index (χ4v) is 4.05. The molecule has 0 aliphatic carbocycles. The van der Waals surface area contributed by atoms with Crippen LogP contribution in [0.3, 0.4) is 0 Å². The van der Waals surface area contributed by atoms with Gasteiger partial charge in [0, 0.05) is 32.7 Å². The van der Waals surface area contributed by atoms with Gasteiger partial charge >= 0.3 is 6.55 Å². The lowest BCUT2D eigenvalue weighted by Gasteiger charge is -2.11. The first-order valence-electron chi connectivity index (χ1n) is 8.90.